The Bertz CT molecular complexity index is 1130. The molecule has 156 valence electrons. The van der Waals surface area contributed by atoms with Gasteiger partial charge in [0.05, 0.1) is 10.5 Å². The third kappa shape index (κ3) is 6.16. The van der Waals surface area contributed by atoms with Crippen molar-refractivity contribution in [3.05, 3.63) is 94.0 Å². The summed E-state index contributed by atoms with van der Waals surface area (Å²) in [7, 11) is -3.71. The van der Waals surface area contributed by atoms with Crippen molar-refractivity contribution in [3.8, 4) is 5.75 Å². The molecule has 0 saturated heterocycles. The van der Waals surface area contributed by atoms with Crippen LogP contribution in [0.2, 0.25) is 0 Å². The number of benzene rings is 3. The summed E-state index contributed by atoms with van der Waals surface area (Å²) >= 11 is 3.43. The lowest BCUT2D eigenvalue weighted by molar-refractivity contribution is 0.0949. The van der Waals surface area contributed by atoms with Crippen LogP contribution in [0.15, 0.2) is 82.2 Å². The Balaban J connectivity index is 1.58. The number of hydrogen-bond donors (Lipinski definition) is 2. The molecule has 0 radical (unpaired) electrons. The monoisotopic (exact) mass is 488 g/mol. The number of carbonyl (C=O) groups is 1. The van der Waals surface area contributed by atoms with E-state index >= 15 is 0 Å². The Hall–Kier alpha value is -2.68. The Labute approximate surface area is 184 Å². The molecule has 0 atom stereocenters. The second-order valence-electron chi connectivity index (χ2n) is 6.61. The topological polar surface area (TPSA) is 98.5 Å². The molecule has 0 aliphatic heterocycles. The summed E-state index contributed by atoms with van der Waals surface area (Å²) in [4.78, 5) is 12.7. The fourth-order valence-corrected chi connectivity index (χ4v) is 3.79. The SMILES string of the molecule is NS(=O)(=O)c1ccc(CCNC(=O)c2ccccc2OCc2cccc(Br)c2)cc1. The van der Waals surface area contributed by atoms with E-state index in [1.54, 1.807) is 30.3 Å². The maximum absolute atomic E-state index is 12.6. The number of ether oxygens (including phenoxy) is 1. The molecule has 3 rings (SSSR count). The molecule has 0 saturated carbocycles. The third-order valence-electron chi connectivity index (χ3n) is 4.37. The average molecular weight is 489 g/mol. The highest BCUT2D eigenvalue weighted by Gasteiger charge is 2.12. The quantitative estimate of drug-likeness (QED) is 0.505. The van der Waals surface area contributed by atoms with Crippen molar-refractivity contribution in [1.29, 1.82) is 0 Å². The van der Waals surface area contributed by atoms with E-state index in [0.29, 0.717) is 30.9 Å². The molecule has 6 nitrogen and oxygen atoms in total. The smallest absolute Gasteiger partial charge is 0.255 e. The van der Waals surface area contributed by atoms with Gasteiger partial charge in [0, 0.05) is 11.0 Å². The first-order valence-electron chi connectivity index (χ1n) is 9.19. The molecule has 0 fully saturated rings. The summed E-state index contributed by atoms with van der Waals surface area (Å²) in [5, 5.41) is 7.97. The van der Waals surface area contributed by atoms with Crippen molar-refractivity contribution in [3.63, 3.8) is 0 Å². The molecule has 0 aliphatic rings. The summed E-state index contributed by atoms with van der Waals surface area (Å²) in [6.45, 7) is 0.744. The molecule has 0 aliphatic carbocycles. The van der Waals surface area contributed by atoms with E-state index in [2.05, 4.69) is 21.2 Å². The number of rotatable bonds is 8. The molecule has 1 amide bonds. The lowest BCUT2D eigenvalue weighted by Gasteiger charge is -2.12. The van der Waals surface area contributed by atoms with Gasteiger partial charge in [-0.05, 0) is 53.9 Å². The maximum atomic E-state index is 12.6. The summed E-state index contributed by atoms with van der Waals surface area (Å²) < 4.78 is 29.4. The molecule has 0 spiro atoms. The van der Waals surface area contributed by atoms with Gasteiger partial charge in [-0.3, -0.25) is 4.79 Å². The number of carbonyl (C=O) groups excluding carboxylic acids is 1. The first-order chi connectivity index (χ1) is 14.3. The Morgan fingerprint density at radius 3 is 2.40 bits per heavy atom. The van der Waals surface area contributed by atoms with Crippen molar-refractivity contribution in [2.24, 2.45) is 5.14 Å². The minimum atomic E-state index is -3.71. The van der Waals surface area contributed by atoms with Crippen molar-refractivity contribution < 1.29 is 17.9 Å². The van der Waals surface area contributed by atoms with Gasteiger partial charge in [0.25, 0.3) is 5.91 Å². The van der Waals surface area contributed by atoms with Crippen molar-refractivity contribution in [2.45, 2.75) is 17.9 Å². The molecular weight excluding hydrogens is 468 g/mol. The fourth-order valence-electron chi connectivity index (χ4n) is 2.83. The van der Waals surface area contributed by atoms with Gasteiger partial charge in [-0.15, -0.1) is 0 Å². The van der Waals surface area contributed by atoms with Gasteiger partial charge in [-0.1, -0.05) is 52.3 Å². The first kappa shape index (κ1) is 22.0. The second-order valence-corrected chi connectivity index (χ2v) is 9.09. The van der Waals surface area contributed by atoms with Gasteiger partial charge in [-0.2, -0.15) is 0 Å². The molecule has 3 aromatic carbocycles. The lowest BCUT2D eigenvalue weighted by atomic mass is 10.1. The molecule has 3 N–H and O–H groups in total. The lowest BCUT2D eigenvalue weighted by Crippen LogP contribution is -2.26. The predicted molar refractivity (Wildman–Crippen MR) is 119 cm³/mol. The minimum absolute atomic E-state index is 0.0619. The van der Waals surface area contributed by atoms with E-state index < -0.39 is 10.0 Å². The predicted octanol–water partition coefficient (Wildman–Crippen LogP) is 3.65. The zero-order chi connectivity index (χ0) is 21.6. The summed E-state index contributed by atoms with van der Waals surface area (Å²) in [5.41, 5.74) is 2.33. The van der Waals surface area contributed by atoms with E-state index in [9.17, 15) is 13.2 Å². The van der Waals surface area contributed by atoms with Crippen LogP contribution in [0.5, 0.6) is 5.75 Å². The van der Waals surface area contributed by atoms with Crippen LogP contribution in [0.25, 0.3) is 0 Å². The van der Waals surface area contributed by atoms with E-state index in [-0.39, 0.29) is 10.8 Å². The maximum Gasteiger partial charge on any atom is 0.255 e. The van der Waals surface area contributed by atoms with Crippen LogP contribution in [0.1, 0.15) is 21.5 Å². The Morgan fingerprint density at radius 1 is 0.967 bits per heavy atom. The number of nitrogens with two attached hydrogens (primary N) is 1. The van der Waals surface area contributed by atoms with E-state index in [4.69, 9.17) is 9.88 Å². The van der Waals surface area contributed by atoms with E-state index in [1.165, 1.54) is 12.1 Å². The third-order valence-corrected chi connectivity index (χ3v) is 5.79. The number of para-hydroxylation sites is 1. The number of nitrogens with one attached hydrogen (secondary N) is 1. The molecule has 0 bridgehead atoms. The van der Waals surface area contributed by atoms with Crippen LogP contribution in [-0.2, 0) is 23.1 Å². The summed E-state index contributed by atoms with van der Waals surface area (Å²) in [6.07, 6.45) is 0.553. The van der Waals surface area contributed by atoms with Crippen LogP contribution < -0.4 is 15.2 Å². The molecule has 3 aromatic rings. The van der Waals surface area contributed by atoms with Crippen LogP contribution in [-0.4, -0.2) is 20.9 Å². The summed E-state index contributed by atoms with van der Waals surface area (Å²) in [6, 6.07) is 21.1. The van der Waals surface area contributed by atoms with Gasteiger partial charge in [0.15, 0.2) is 0 Å². The molecule has 0 heterocycles. The van der Waals surface area contributed by atoms with Crippen LogP contribution in [0.3, 0.4) is 0 Å². The number of sulfonamides is 1. The zero-order valence-electron chi connectivity index (χ0n) is 16.0. The zero-order valence-corrected chi connectivity index (χ0v) is 18.4. The van der Waals surface area contributed by atoms with Crippen LogP contribution >= 0.6 is 15.9 Å². The van der Waals surface area contributed by atoms with Gasteiger partial charge in [0.1, 0.15) is 12.4 Å². The highest BCUT2D eigenvalue weighted by Crippen LogP contribution is 2.20. The average Bonchev–Trinajstić information content (AvgIpc) is 2.72. The van der Waals surface area contributed by atoms with Crippen molar-refractivity contribution in [2.75, 3.05) is 6.54 Å². The van der Waals surface area contributed by atoms with Crippen molar-refractivity contribution >= 4 is 31.9 Å². The number of amides is 1. The highest BCUT2D eigenvalue weighted by molar-refractivity contribution is 9.10. The van der Waals surface area contributed by atoms with Crippen LogP contribution in [0.4, 0.5) is 0 Å². The van der Waals surface area contributed by atoms with Crippen LogP contribution in [0, 0.1) is 0 Å². The molecule has 30 heavy (non-hydrogen) atoms. The number of hydrogen-bond acceptors (Lipinski definition) is 4. The standard InChI is InChI=1S/C22H21BrN2O4S/c23-18-5-3-4-17(14-18)15-29-21-7-2-1-6-20(21)22(26)25-13-12-16-8-10-19(11-9-16)30(24,27)28/h1-11,14H,12-13,15H2,(H,25,26)(H2,24,27,28). The Morgan fingerprint density at radius 2 is 1.70 bits per heavy atom. The van der Waals surface area contributed by atoms with E-state index in [1.807, 2.05) is 30.3 Å². The Kier molecular flexibility index (Phi) is 7.25. The van der Waals surface area contributed by atoms with Gasteiger partial charge < -0.3 is 10.1 Å². The second kappa shape index (κ2) is 9.88. The molecule has 8 heteroatoms. The summed E-state index contributed by atoms with van der Waals surface area (Å²) in [5.74, 6) is 0.272. The largest absolute Gasteiger partial charge is 0.488 e. The minimum Gasteiger partial charge on any atom is -0.488 e. The fraction of sp³-hybridized carbons (Fsp3) is 0.136. The first-order valence-corrected chi connectivity index (χ1v) is 11.5. The highest BCUT2D eigenvalue weighted by atomic mass is 79.9. The van der Waals surface area contributed by atoms with Gasteiger partial charge in [-0.25, -0.2) is 13.6 Å². The van der Waals surface area contributed by atoms with E-state index in [0.717, 1.165) is 15.6 Å². The van der Waals surface area contributed by atoms with Gasteiger partial charge >= 0.3 is 0 Å². The normalized spacial score (nSPS) is 11.1. The molecular formula is C22H21BrN2O4S. The molecule has 0 unspecified atom stereocenters. The van der Waals surface area contributed by atoms with Crippen molar-refractivity contribution in [1.82, 2.24) is 5.32 Å². The van der Waals surface area contributed by atoms with Gasteiger partial charge in [0.2, 0.25) is 10.0 Å². The number of halogens is 1. The number of primary sulfonamides is 1. The molecule has 0 aromatic heterocycles.